The Morgan fingerprint density at radius 3 is 2.50 bits per heavy atom. The van der Waals surface area contributed by atoms with Crippen molar-refractivity contribution in [1.29, 1.82) is 0 Å². The van der Waals surface area contributed by atoms with Crippen LogP contribution in [0.3, 0.4) is 0 Å². The SMILES string of the molecule is Nc1ccn([C@@H]2O[C@H](CO)[C@@H](O)C2(F)F)c(=O)n1.O=c1cc[nH]c(=O)[nH]1. The minimum absolute atomic E-state index is 0.114. The first-order chi connectivity index (χ1) is 12.2. The Hall–Kier alpha value is -2.90. The van der Waals surface area contributed by atoms with E-state index in [4.69, 9.17) is 15.6 Å². The van der Waals surface area contributed by atoms with E-state index in [-0.39, 0.29) is 11.4 Å². The zero-order valence-corrected chi connectivity index (χ0v) is 13.0. The lowest BCUT2D eigenvalue weighted by Gasteiger charge is -2.20. The minimum atomic E-state index is -3.71. The van der Waals surface area contributed by atoms with Crippen molar-refractivity contribution in [2.45, 2.75) is 24.4 Å². The number of anilines is 1. The Morgan fingerprint density at radius 2 is 2.04 bits per heavy atom. The molecule has 3 heterocycles. The number of nitrogen functional groups attached to an aromatic ring is 1. The Balaban J connectivity index is 0.000000254. The van der Waals surface area contributed by atoms with Crippen LogP contribution < -0.4 is 22.7 Å². The molecule has 0 aliphatic carbocycles. The molecule has 0 amide bonds. The molecule has 2 aromatic rings. The topological polar surface area (TPSA) is 176 Å². The summed E-state index contributed by atoms with van der Waals surface area (Å²) >= 11 is 0. The first-order valence-electron chi connectivity index (χ1n) is 7.11. The molecule has 1 aliphatic heterocycles. The Bertz CT molecular complexity index is 900. The van der Waals surface area contributed by atoms with E-state index in [9.17, 15) is 28.3 Å². The van der Waals surface area contributed by atoms with Gasteiger partial charge in [0.2, 0.25) is 6.23 Å². The molecule has 0 bridgehead atoms. The second-order valence-electron chi connectivity index (χ2n) is 5.17. The van der Waals surface area contributed by atoms with Crippen molar-refractivity contribution in [2.75, 3.05) is 12.3 Å². The molecule has 0 saturated carbocycles. The third kappa shape index (κ3) is 4.01. The van der Waals surface area contributed by atoms with E-state index >= 15 is 0 Å². The molecule has 3 rings (SSSR count). The summed E-state index contributed by atoms with van der Waals surface area (Å²) in [5, 5.41) is 18.1. The number of nitrogens with two attached hydrogens (primary N) is 1. The van der Waals surface area contributed by atoms with Gasteiger partial charge in [0.15, 0.2) is 6.10 Å². The molecule has 142 valence electrons. The van der Waals surface area contributed by atoms with Crippen LogP contribution in [0.1, 0.15) is 6.23 Å². The van der Waals surface area contributed by atoms with Crippen molar-refractivity contribution in [3.63, 3.8) is 0 Å². The van der Waals surface area contributed by atoms with E-state index in [1.165, 1.54) is 12.3 Å². The third-order valence-corrected chi connectivity index (χ3v) is 3.35. The molecule has 13 heteroatoms. The molecule has 0 unspecified atom stereocenters. The Morgan fingerprint density at radius 1 is 1.35 bits per heavy atom. The number of halogens is 2. The van der Waals surface area contributed by atoms with Gasteiger partial charge < -0.3 is 25.7 Å². The number of nitrogens with zero attached hydrogens (tertiary/aromatic N) is 2. The van der Waals surface area contributed by atoms with Crippen molar-refractivity contribution < 1.29 is 23.7 Å². The van der Waals surface area contributed by atoms with Crippen LogP contribution in [0.2, 0.25) is 0 Å². The lowest BCUT2D eigenvalue weighted by Crippen LogP contribution is -2.41. The molecule has 2 aromatic heterocycles. The molecular formula is C13H15F2N5O6. The van der Waals surface area contributed by atoms with Gasteiger partial charge in [-0.25, -0.2) is 9.59 Å². The highest BCUT2D eigenvalue weighted by molar-refractivity contribution is 5.23. The zero-order valence-electron chi connectivity index (χ0n) is 13.0. The quantitative estimate of drug-likeness (QED) is 0.392. The summed E-state index contributed by atoms with van der Waals surface area (Å²) in [5.74, 6) is -3.83. The second-order valence-corrected chi connectivity index (χ2v) is 5.17. The highest BCUT2D eigenvalue weighted by atomic mass is 19.3. The van der Waals surface area contributed by atoms with E-state index in [1.54, 1.807) is 0 Å². The van der Waals surface area contributed by atoms with Crippen LogP contribution in [0.4, 0.5) is 14.6 Å². The lowest BCUT2D eigenvalue weighted by atomic mass is 10.1. The number of alkyl halides is 2. The molecule has 3 atom stereocenters. The van der Waals surface area contributed by atoms with Gasteiger partial charge in [0.05, 0.1) is 6.61 Å². The van der Waals surface area contributed by atoms with E-state index in [0.717, 1.165) is 12.3 Å². The van der Waals surface area contributed by atoms with Gasteiger partial charge in [-0.05, 0) is 6.07 Å². The van der Waals surface area contributed by atoms with Crippen LogP contribution in [0.5, 0.6) is 0 Å². The monoisotopic (exact) mass is 375 g/mol. The van der Waals surface area contributed by atoms with E-state index in [1.807, 2.05) is 4.98 Å². The number of hydrogen-bond donors (Lipinski definition) is 5. The van der Waals surface area contributed by atoms with Crippen LogP contribution in [-0.2, 0) is 4.74 Å². The van der Waals surface area contributed by atoms with Gasteiger partial charge >= 0.3 is 17.3 Å². The van der Waals surface area contributed by atoms with Crippen molar-refractivity contribution in [3.8, 4) is 0 Å². The number of aromatic amines is 2. The Kier molecular flexibility index (Phi) is 5.64. The van der Waals surface area contributed by atoms with Crippen molar-refractivity contribution in [2.24, 2.45) is 0 Å². The summed E-state index contributed by atoms with van der Waals surface area (Å²) in [4.78, 5) is 39.4. The fourth-order valence-electron chi connectivity index (χ4n) is 2.11. The van der Waals surface area contributed by atoms with Gasteiger partial charge in [0, 0.05) is 18.5 Å². The number of hydrogen-bond acceptors (Lipinski definition) is 8. The highest BCUT2D eigenvalue weighted by Crippen LogP contribution is 2.41. The summed E-state index contributed by atoms with van der Waals surface area (Å²) in [7, 11) is 0. The Labute approximate surface area is 142 Å². The maximum Gasteiger partial charge on any atom is 0.351 e. The maximum absolute atomic E-state index is 13.7. The number of H-pyrrole nitrogens is 2. The molecule has 0 radical (unpaired) electrons. The summed E-state index contributed by atoms with van der Waals surface area (Å²) < 4.78 is 32.7. The number of aromatic nitrogens is 4. The van der Waals surface area contributed by atoms with Crippen LogP contribution in [0.15, 0.2) is 38.9 Å². The molecule has 0 aromatic carbocycles. The van der Waals surface area contributed by atoms with Gasteiger partial charge in [-0.2, -0.15) is 13.8 Å². The average molecular weight is 375 g/mol. The smallest absolute Gasteiger partial charge is 0.351 e. The maximum atomic E-state index is 13.7. The van der Waals surface area contributed by atoms with Crippen LogP contribution in [0, 0.1) is 0 Å². The number of nitrogens with one attached hydrogen (secondary N) is 2. The fraction of sp³-hybridized carbons (Fsp3) is 0.385. The number of aliphatic hydroxyl groups is 2. The van der Waals surface area contributed by atoms with E-state index in [2.05, 4.69) is 9.97 Å². The van der Waals surface area contributed by atoms with Crippen LogP contribution in [0.25, 0.3) is 0 Å². The summed E-state index contributed by atoms with van der Waals surface area (Å²) in [6.07, 6.45) is -3.40. The van der Waals surface area contributed by atoms with Gasteiger partial charge in [0.25, 0.3) is 5.56 Å². The molecule has 1 saturated heterocycles. The number of rotatable bonds is 2. The van der Waals surface area contributed by atoms with E-state index in [0.29, 0.717) is 4.57 Å². The first-order valence-corrected chi connectivity index (χ1v) is 7.11. The standard InChI is InChI=1S/C9H11F2N3O4.C4H4N2O2/c10-9(11)6(16)4(3-15)18-7(9)14-2-1-5(12)13-8(14)17;7-3-1-2-5-4(8)6-3/h1-2,4,6-7,15-16H,3H2,(H2,12,13,17);1-2H,(H2,5,6,7,8)/t4-,6-,7-;/m1./s1. The van der Waals surface area contributed by atoms with Gasteiger partial charge in [-0.15, -0.1) is 0 Å². The summed E-state index contributed by atoms with van der Waals surface area (Å²) in [6, 6.07) is 2.39. The zero-order chi connectivity index (χ0) is 19.5. The second kappa shape index (κ2) is 7.55. The first kappa shape index (κ1) is 19.4. The molecular weight excluding hydrogens is 360 g/mol. The van der Waals surface area contributed by atoms with Gasteiger partial charge in [-0.3, -0.25) is 14.3 Å². The predicted octanol–water partition coefficient (Wildman–Crippen LogP) is -2.23. The third-order valence-electron chi connectivity index (χ3n) is 3.35. The summed E-state index contributed by atoms with van der Waals surface area (Å²) in [5.41, 5.74) is 3.35. The van der Waals surface area contributed by atoms with Crippen LogP contribution >= 0.6 is 0 Å². The minimum Gasteiger partial charge on any atom is -0.394 e. The highest BCUT2D eigenvalue weighted by Gasteiger charge is 2.59. The molecule has 11 nitrogen and oxygen atoms in total. The largest absolute Gasteiger partial charge is 0.394 e. The predicted molar refractivity (Wildman–Crippen MR) is 82.5 cm³/mol. The molecule has 0 spiro atoms. The van der Waals surface area contributed by atoms with Crippen molar-refractivity contribution in [1.82, 2.24) is 19.5 Å². The average Bonchev–Trinajstić information content (AvgIpc) is 2.78. The number of aliphatic hydroxyl groups excluding tert-OH is 2. The fourth-order valence-corrected chi connectivity index (χ4v) is 2.11. The van der Waals surface area contributed by atoms with Gasteiger partial charge in [-0.1, -0.05) is 0 Å². The molecule has 1 fully saturated rings. The lowest BCUT2D eigenvalue weighted by molar-refractivity contribution is -0.140. The number of ether oxygens (including phenoxy) is 1. The summed E-state index contributed by atoms with van der Waals surface area (Å²) in [6.45, 7) is -0.787. The van der Waals surface area contributed by atoms with Crippen molar-refractivity contribution >= 4 is 5.82 Å². The molecule has 6 N–H and O–H groups in total. The normalized spacial score (nSPS) is 23.9. The van der Waals surface area contributed by atoms with E-state index < -0.39 is 42.3 Å². The molecule has 1 aliphatic rings. The van der Waals surface area contributed by atoms with Crippen molar-refractivity contribution in [3.05, 3.63) is 55.8 Å². The molecule has 26 heavy (non-hydrogen) atoms. The van der Waals surface area contributed by atoms with Gasteiger partial charge in [0.1, 0.15) is 11.9 Å². The van der Waals surface area contributed by atoms with Crippen LogP contribution in [-0.4, -0.2) is 54.5 Å².